The second-order valence-corrected chi connectivity index (χ2v) is 4.77. The summed E-state index contributed by atoms with van der Waals surface area (Å²) in [5.74, 6) is 1.01. The van der Waals surface area contributed by atoms with Gasteiger partial charge in [0.2, 0.25) is 0 Å². The molecule has 0 aromatic carbocycles. The van der Waals surface area contributed by atoms with E-state index >= 15 is 0 Å². The van der Waals surface area contributed by atoms with Crippen LogP contribution in [-0.2, 0) is 6.54 Å². The third-order valence-electron chi connectivity index (χ3n) is 3.18. The van der Waals surface area contributed by atoms with Gasteiger partial charge in [0.05, 0.1) is 12.6 Å². The number of aliphatic hydroxyl groups is 1. The van der Waals surface area contributed by atoms with Crippen LogP contribution in [0.15, 0.2) is 0 Å². The Morgan fingerprint density at radius 1 is 1.44 bits per heavy atom. The third-order valence-corrected chi connectivity index (χ3v) is 3.18. The number of nitriles is 1. The van der Waals surface area contributed by atoms with Crippen LogP contribution in [0.2, 0.25) is 0 Å². The minimum Gasteiger partial charge on any atom is -0.391 e. The van der Waals surface area contributed by atoms with E-state index in [4.69, 9.17) is 5.73 Å². The average Bonchev–Trinajstić information content (AvgIpc) is 2.67. The van der Waals surface area contributed by atoms with Crippen LogP contribution >= 0.6 is 0 Å². The molecule has 1 aliphatic rings. The first kappa shape index (κ1) is 12.7. The number of anilines is 2. The van der Waals surface area contributed by atoms with Crippen molar-refractivity contribution in [3.63, 3.8) is 0 Å². The Bertz CT molecular complexity index is 454. The van der Waals surface area contributed by atoms with Gasteiger partial charge in [-0.3, -0.25) is 0 Å². The summed E-state index contributed by atoms with van der Waals surface area (Å²) in [7, 11) is 0. The number of nitrogen functional groups attached to an aromatic ring is 1. The molecular formula is C12H19N5O. The molecule has 0 saturated carbocycles. The molecule has 1 saturated heterocycles. The van der Waals surface area contributed by atoms with Gasteiger partial charge in [-0.25, -0.2) is 4.68 Å². The smallest absolute Gasteiger partial charge is 0.170 e. The molecule has 0 bridgehead atoms. The molecule has 1 unspecified atom stereocenters. The maximum Gasteiger partial charge on any atom is 0.170 e. The van der Waals surface area contributed by atoms with Gasteiger partial charge in [-0.15, -0.1) is 0 Å². The lowest BCUT2D eigenvalue weighted by molar-refractivity contribution is 0.169. The molecule has 18 heavy (non-hydrogen) atoms. The maximum atomic E-state index is 9.40. The Labute approximate surface area is 107 Å². The molecular weight excluding hydrogens is 230 g/mol. The molecule has 98 valence electrons. The highest BCUT2D eigenvalue weighted by atomic mass is 16.3. The highest BCUT2D eigenvalue weighted by Crippen LogP contribution is 2.26. The normalized spacial score (nSPS) is 17.5. The number of nitrogens with zero attached hydrogens (tertiary/aromatic N) is 4. The first-order valence-corrected chi connectivity index (χ1v) is 6.33. The Morgan fingerprint density at radius 2 is 2.11 bits per heavy atom. The monoisotopic (exact) mass is 249 g/mol. The Hall–Kier alpha value is -1.74. The number of aliphatic hydroxyl groups excluding tert-OH is 1. The van der Waals surface area contributed by atoms with Crippen molar-refractivity contribution >= 4 is 11.6 Å². The van der Waals surface area contributed by atoms with Crippen molar-refractivity contribution in [3.8, 4) is 6.07 Å². The quantitative estimate of drug-likeness (QED) is 0.823. The van der Waals surface area contributed by atoms with Crippen LogP contribution in [0.5, 0.6) is 0 Å². The maximum absolute atomic E-state index is 9.40. The van der Waals surface area contributed by atoms with E-state index in [2.05, 4.69) is 16.1 Å². The van der Waals surface area contributed by atoms with Gasteiger partial charge in [0, 0.05) is 13.1 Å². The lowest BCUT2D eigenvalue weighted by Crippen LogP contribution is -2.30. The summed E-state index contributed by atoms with van der Waals surface area (Å²) in [5, 5.41) is 23.0. The largest absolute Gasteiger partial charge is 0.391 e. The van der Waals surface area contributed by atoms with Crippen molar-refractivity contribution < 1.29 is 5.11 Å². The summed E-state index contributed by atoms with van der Waals surface area (Å²) in [6.07, 6.45) is 2.93. The second kappa shape index (κ2) is 5.27. The van der Waals surface area contributed by atoms with Gasteiger partial charge in [-0.1, -0.05) is 0 Å². The predicted octanol–water partition coefficient (Wildman–Crippen LogP) is 0.708. The molecule has 2 rings (SSSR count). The van der Waals surface area contributed by atoms with Crippen LogP contribution < -0.4 is 10.6 Å². The fraction of sp³-hybridized carbons (Fsp3) is 0.667. The van der Waals surface area contributed by atoms with Crippen molar-refractivity contribution in [2.45, 2.75) is 38.8 Å². The SMILES string of the molecule is CC(O)Cn1nc(N2CCCCC2)c(C#N)c1N. The highest BCUT2D eigenvalue weighted by Gasteiger charge is 2.22. The number of rotatable bonds is 3. The molecule has 1 fully saturated rings. The van der Waals surface area contributed by atoms with E-state index in [-0.39, 0.29) is 0 Å². The van der Waals surface area contributed by atoms with Gasteiger partial charge in [-0.2, -0.15) is 10.4 Å². The fourth-order valence-corrected chi connectivity index (χ4v) is 2.29. The zero-order valence-electron chi connectivity index (χ0n) is 10.6. The molecule has 6 heteroatoms. The number of aromatic nitrogens is 2. The van der Waals surface area contributed by atoms with Gasteiger partial charge in [-0.05, 0) is 26.2 Å². The predicted molar refractivity (Wildman–Crippen MR) is 69.1 cm³/mol. The van der Waals surface area contributed by atoms with Crippen LogP contribution in [0.25, 0.3) is 0 Å². The van der Waals surface area contributed by atoms with Gasteiger partial charge >= 0.3 is 0 Å². The molecule has 1 aromatic rings. The fourth-order valence-electron chi connectivity index (χ4n) is 2.29. The number of hydrogen-bond donors (Lipinski definition) is 2. The van der Waals surface area contributed by atoms with Gasteiger partial charge in [0.15, 0.2) is 5.82 Å². The highest BCUT2D eigenvalue weighted by molar-refractivity contribution is 5.65. The van der Waals surface area contributed by atoms with Crippen molar-refractivity contribution in [1.82, 2.24) is 9.78 Å². The van der Waals surface area contributed by atoms with Gasteiger partial charge in [0.1, 0.15) is 17.5 Å². The summed E-state index contributed by atoms with van der Waals surface area (Å²) in [5.41, 5.74) is 6.34. The molecule has 3 N–H and O–H groups in total. The molecule has 0 amide bonds. The zero-order chi connectivity index (χ0) is 13.1. The van der Waals surface area contributed by atoms with E-state index in [1.54, 1.807) is 6.92 Å². The molecule has 1 atom stereocenters. The average molecular weight is 249 g/mol. The van der Waals surface area contributed by atoms with Crippen molar-refractivity contribution in [1.29, 1.82) is 5.26 Å². The summed E-state index contributed by atoms with van der Waals surface area (Å²) >= 11 is 0. The van der Waals surface area contributed by atoms with Crippen LogP contribution in [0.1, 0.15) is 31.7 Å². The molecule has 0 radical (unpaired) electrons. The first-order valence-electron chi connectivity index (χ1n) is 6.33. The van der Waals surface area contributed by atoms with Crippen molar-refractivity contribution in [2.24, 2.45) is 0 Å². The van der Waals surface area contributed by atoms with E-state index in [0.717, 1.165) is 25.9 Å². The summed E-state index contributed by atoms with van der Waals surface area (Å²) in [6, 6.07) is 2.12. The molecule has 6 nitrogen and oxygen atoms in total. The minimum absolute atomic E-state index is 0.314. The lowest BCUT2D eigenvalue weighted by atomic mass is 10.1. The van der Waals surface area contributed by atoms with Crippen LogP contribution in [0, 0.1) is 11.3 Å². The van der Waals surface area contributed by atoms with Crippen molar-refractivity contribution in [2.75, 3.05) is 23.7 Å². The van der Waals surface area contributed by atoms with E-state index in [1.165, 1.54) is 11.1 Å². The van der Waals surface area contributed by atoms with E-state index in [1.807, 2.05) is 0 Å². The topological polar surface area (TPSA) is 91.1 Å². The molecule has 0 spiro atoms. The number of hydrogen-bond acceptors (Lipinski definition) is 5. The van der Waals surface area contributed by atoms with Crippen LogP contribution in [0.4, 0.5) is 11.6 Å². The van der Waals surface area contributed by atoms with Crippen LogP contribution in [0.3, 0.4) is 0 Å². The molecule has 1 aliphatic heterocycles. The second-order valence-electron chi connectivity index (χ2n) is 4.77. The Balaban J connectivity index is 2.31. The minimum atomic E-state index is -0.534. The van der Waals surface area contributed by atoms with Crippen molar-refractivity contribution in [3.05, 3.63) is 5.56 Å². The van der Waals surface area contributed by atoms with Gasteiger partial charge < -0.3 is 15.7 Å². The number of nitrogens with two attached hydrogens (primary N) is 1. The van der Waals surface area contributed by atoms with Gasteiger partial charge in [0.25, 0.3) is 0 Å². The summed E-state index contributed by atoms with van der Waals surface area (Å²) in [6.45, 7) is 3.82. The lowest BCUT2D eigenvalue weighted by Gasteiger charge is -2.26. The van der Waals surface area contributed by atoms with Crippen LogP contribution in [-0.4, -0.2) is 34.1 Å². The summed E-state index contributed by atoms with van der Waals surface area (Å²) < 4.78 is 1.52. The summed E-state index contributed by atoms with van der Waals surface area (Å²) in [4.78, 5) is 2.11. The first-order chi connectivity index (χ1) is 8.63. The zero-order valence-corrected chi connectivity index (χ0v) is 10.6. The van der Waals surface area contributed by atoms with E-state index < -0.39 is 6.10 Å². The molecule has 1 aromatic heterocycles. The Kier molecular flexibility index (Phi) is 3.72. The van der Waals surface area contributed by atoms with E-state index in [9.17, 15) is 10.4 Å². The molecule has 2 heterocycles. The number of piperidine rings is 1. The third kappa shape index (κ3) is 2.41. The van der Waals surface area contributed by atoms with E-state index in [0.29, 0.717) is 23.7 Å². The molecule has 0 aliphatic carbocycles. The standard InChI is InChI=1S/C12H19N5O/c1-9(18)8-17-11(14)10(7-13)12(15-17)16-5-3-2-4-6-16/h9,18H,2-6,8,14H2,1H3. The Morgan fingerprint density at radius 3 is 2.67 bits per heavy atom.